The Morgan fingerprint density at radius 3 is 2.48 bits per heavy atom. The second-order valence-electron chi connectivity index (χ2n) is 12.7. The molecule has 13 nitrogen and oxygen atoms in total. The Kier molecular flexibility index (Phi) is 13.4. The van der Waals surface area contributed by atoms with Gasteiger partial charge in [-0.15, -0.1) is 11.8 Å². The molecule has 54 heavy (non-hydrogen) atoms. The lowest BCUT2D eigenvalue weighted by atomic mass is 10.0. The third-order valence-corrected chi connectivity index (χ3v) is 12.7. The Morgan fingerprint density at radius 1 is 1.04 bits per heavy atom. The van der Waals surface area contributed by atoms with E-state index in [2.05, 4.69) is 9.64 Å². The molecule has 0 radical (unpaired) electrons. The van der Waals surface area contributed by atoms with Crippen molar-refractivity contribution in [1.82, 2.24) is 9.21 Å². The molecule has 3 heterocycles. The van der Waals surface area contributed by atoms with Gasteiger partial charge in [0.05, 0.1) is 30.3 Å². The van der Waals surface area contributed by atoms with E-state index in [1.807, 2.05) is 0 Å². The monoisotopic (exact) mass is 831 g/mol. The minimum atomic E-state index is -4.34. The van der Waals surface area contributed by atoms with Crippen LogP contribution in [0.25, 0.3) is 0 Å². The van der Waals surface area contributed by atoms with Gasteiger partial charge in [0, 0.05) is 43.9 Å². The summed E-state index contributed by atoms with van der Waals surface area (Å²) in [4.78, 5) is 28.7. The third-order valence-electron chi connectivity index (χ3n) is 8.90. The number of ether oxygens (including phenoxy) is 5. The first kappa shape index (κ1) is 40.2. The lowest BCUT2D eigenvalue weighted by molar-refractivity contribution is -0.605. The maximum Gasteiger partial charge on any atom is 0.387 e. The standard InChI is InChI=1S/C35H37Cl2F2N3O10S2/c36-27-19-41(45)20-28(37)26(27)18-30(23-6-7-29(52-35(38)39)31(17-23)50-21-22-4-5-22)51-34(44)32-42(11-15-53-32)54(46,47)25-3-1-2-24(16-25)33(43)49-14-10-40-8-12-48-13-9-40/h1-3,6-7,16-17,19-20,22,30,32,35H,4-5,8-15,18,21H2/t30-,32-/m0/s1. The number of nitrogens with zero attached hydrogens (tertiary/aromatic N) is 3. The number of alkyl halides is 2. The number of morpholine rings is 1. The maximum absolute atomic E-state index is 14.0. The highest BCUT2D eigenvalue weighted by Gasteiger charge is 2.42. The lowest BCUT2D eigenvalue weighted by Crippen LogP contribution is -2.40. The van der Waals surface area contributed by atoms with Crippen LogP contribution in [0.15, 0.2) is 59.8 Å². The molecule has 3 aromatic rings. The normalized spacial score (nSPS) is 18.7. The van der Waals surface area contributed by atoms with Gasteiger partial charge in [0.15, 0.2) is 29.3 Å². The highest BCUT2D eigenvalue weighted by Crippen LogP contribution is 2.39. The summed E-state index contributed by atoms with van der Waals surface area (Å²) in [5.41, 5.74) is 0.548. The van der Waals surface area contributed by atoms with Crippen molar-refractivity contribution in [2.24, 2.45) is 5.92 Å². The van der Waals surface area contributed by atoms with E-state index in [9.17, 15) is 32.0 Å². The van der Waals surface area contributed by atoms with Crippen LogP contribution in [0.5, 0.6) is 11.5 Å². The quantitative estimate of drug-likeness (QED) is 0.108. The Bertz CT molecular complexity index is 1910. The first-order chi connectivity index (χ1) is 25.9. The number of aromatic nitrogens is 1. The zero-order chi connectivity index (χ0) is 38.4. The Balaban J connectivity index is 1.22. The number of sulfonamides is 1. The van der Waals surface area contributed by atoms with Crippen LogP contribution in [0.1, 0.15) is 40.4 Å². The third kappa shape index (κ3) is 10.2. The number of thioether (sulfide) groups is 1. The molecule has 2 aliphatic heterocycles. The number of carbonyl (C=O) groups is 2. The van der Waals surface area contributed by atoms with Gasteiger partial charge in [0.1, 0.15) is 22.8 Å². The van der Waals surface area contributed by atoms with E-state index in [0.717, 1.165) is 54.4 Å². The number of pyridine rings is 1. The number of benzene rings is 2. The molecule has 0 amide bonds. The van der Waals surface area contributed by atoms with Crippen LogP contribution < -0.4 is 14.2 Å². The number of hydrogen-bond acceptors (Lipinski definition) is 12. The van der Waals surface area contributed by atoms with Crippen LogP contribution in [0, 0.1) is 11.1 Å². The van der Waals surface area contributed by atoms with Crippen LogP contribution >= 0.6 is 35.0 Å². The van der Waals surface area contributed by atoms with E-state index < -0.39 is 40.1 Å². The Morgan fingerprint density at radius 2 is 1.78 bits per heavy atom. The summed E-state index contributed by atoms with van der Waals surface area (Å²) in [6.07, 6.45) is 2.61. The van der Waals surface area contributed by atoms with Crippen molar-refractivity contribution in [3.8, 4) is 11.5 Å². The highest BCUT2D eigenvalue weighted by atomic mass is 35.5. The van der Waals surface area contributed by atoms with E-state index in [-0.39, 0.29) is 81.0 Å². The summed E-state index contributed by atoms with van der Waals surface area (Å²) in [5.74, 6) is -1.34. The second-order valence-corrected chi connectivity index (χ2v) is 16.6. The van der Waals surface area contributed by atoms with E-state index in [1.165, 1.54) is 42.5 Å². The SMILES string of the molecule is O=C(OCCN1CCOCC1)c1cccc(S(=O)(=O)N2CCS[C@H]2C(=O)O[C@@H](Cc2c(Cl)c[n+]([O-])cc2Cl)c2ccc(OC(F)F)c(OCC3CC3)c2)c1. The van der Waals surface area contributed by atoms with Gasteiger partial charge in [-0.2, -0.15) is 17.8 Å². The molecule has 0 unspecified atom stereocenters. The molecule has 1 aliphatic carbocycles. The number of esters is 2. The van der Waals surface area contributed by atoms with Crippen molar-refractivity contribution in [2.45, 2.75) is 42.2 Å². The van der Waals surface area contributed by atoms with Crippen LogP contribution in [0.4, 0.5) is 8.78 Å². The van der Waals surface area contributed by atoms with Gasteiger partial charge in [-0.1, -0.05) is 35.3 Å². The summed E-state index contributed by atoms with van der Waals surface area (Å²) < 4.78 is 83.1. The van der Waals surface area contributed by atoms with Crippen LogP contribution in [0.2, 0.25) is 10.0 Å². The fourth-order valence-electron chi connectivity index (χ4n) is 5.84. The van der Waals surface area contributed by atoms with Crippen molar-refractivity contribution < 1.29 is 55.2 Å². The first-order valence-electron chi connectivity index (χ1n) is 17.1. The fraction of sp³-hybridized carbons (Fsp3) is 0.457. The molecule has 6 rings (SSSR count). The molecular formula is C35H37Cl2F2N3O10S2. The van der Waals surface area contributed by atoms with Gasteiger partial charge in [-0.3, -0.25) is 4.90 Å². The van der Waals surface area contributed by atoms with Gasteiger partial charge in [0.25, 0.3) is 0 Å². The Hall–Kier alpha value is -3.45. The predicted molar refractivity (Wildman–Crippen MR) is 193 cm³/mol. The van der Waals surface area contributed by atoms with E-state index in [0.29, 0.717) is 24.5 Å². The molecule has 3 fully saturated rings. The van der Waals surface area contributed by atoms with Crippen molar-refractivity contribution >= 4 is 56.9 Å². The maximum atomic E-state index is 14.0. The molecule has 0 bridgehead atoms. The summed E-state index contributed by atoms with van der Waals surface area (Å²) >= 11 is 13.8. The summed E-state index contributed by atoms with van der Waals surface area (Å²) in [6, 6.07) is 9.45. The summed E-state index contributed by atoms with van der Waals surface area (Å²) in [7, 11) is -4.34. The summed E-state index contributed by atoms with van der Waals surface area (Å²) in [5, 5.41) is 10.6. The van der Waals surface area contributed by atoms with Crippen LogP contribution in [0.3, 0.4) is 0 Å². The molecule has 1 saturated carbocycles. The van der Waals surface area contributed by atoms with Crippen molar-refractivity contribution in [2.75, 3.05) is 58.4 Å². The number of carbonyl (C=O) groups excluding carboxylic acids is 2. The largest absolute Gasteiger partial charge is 0.619 e. The first-order valence-corrected chi connectivity index (χ1v) is 20.3. The average Bonchev–Trinajstić information content (AvgIpc) is 3.83. The van der Waals surface area contributed by atoms with Gasteiger partial charge in [0.2, 0.25) is 10.0 Å². The fourth-order valence-corrected chi connectivity index (χ4v) is 9.53. The van der Waals surface area contributed by atoms with Crippen molar-refractivity contribution in [3.63, 3.8) is 0 Å². The Labute approximate surface area is 325 Å². The molecule has 2 atom stereocenters. The predicted octanol–water partition coefficient (Wildman–Crippen LogP) is 5.10. The smallest absolute Gasteiger partial charge is 0.387 e. The molecule has 1 aromatic heterocycles. The van der Waals surface area contributed by atoms with Gasteiger partial charge in [-0.05, 0) is 54.7 Å². The minimum Gasteiger partial charge on any atom is -0.619 e. The lowest BCUT2D eigenvalue weighted by Gasteiger charge is -2.26. The molecule has 0 spiro atoms. The molecular weight excluding hydrogens is 795 g/mol. The van der Waals surface area contributed by atoms with Crippen LogP contribution in [-0.4, -0.2) is 99.9 Å². The number of halogens is 4. The van der Waals surface area contributed by atoms with Crippen molar-refractivity contribution in [3.05, 3.63) is 86.8 Å². The molecule has 292 valence electrons. The second kappa shape index (κ2) is 18.0. The van der Waals surface area contributed by atoms with Crippen LogP contribution in [-0.2, 0) is 35.4 Å². The van der Waals surface area contributed by atoms with E-state index in [1.54, 1.807) is 0 Å². The zero-order valence-corrected chi connectivity index (χ0v) is 31.9. The van der Waals surface area contributed by atoms with E-state index in [4.69, 9.17) is 42.1 Å². The minimum absolute atomic E-state index is 0.0117. The molecule has 2 saturated heterocycles. The molecule has 19 heteroatoms. The van der Waals surface area contributed by atoms with Crippen molar-refractivity contribution in [1.29, 1.82) is 0 Å². The highest BCUT2D eigenvalue weighted by molar-refractivity contribution is 8.02. The van der Waals surface area contributed by atoms with Gasteiger partial charge >= 0.3 is 18.6 Å². The number of rotatable bonds is 16. The molecule has 3 aliphatic rings. The zero-order valence-electron chi connectivity index (χ0n) is 28.7. The summed E-state index contributed by atoms with van der Waals surface area (Å²) in [6.45, 7) is 0.335. The number of hydrogen-bond donors (Lipinski definition) is 0. The van der Waals surface area contributed by atoms with E-state index >= 15 is 0 Å². The van der Waals surface area contributed by atoms with Gasteiger partial charge < -0.3 is 28.9 Å². The topological polar surface area (TPSA) is 148 Å². The molecule has 0 N–H and O–H groups in total. The van der Waals surface area contributed by atoms with Gasteiger partial charge in [-0.25, -0.2) is 18.0 Å². The molecule has 2 aromatic carbocycles. The average molecular weight is 833 g/mol.